The number of hydrogen-bond donors (Lipinski definition) is 2. The fraction of sp³-hybridized carbons (Fsp3) is 0.409. The monoisotopic (exact) mass is 430 g/mol. The van der Waals surface area contributed by atoms with E-state index in [1.54, 1.807) is 6.11 Å². The van der Waals surface area contributed by atoms with Crippen molar-refractivity contribution >= 4 is 34.6 Å². The average molecular weight is 431 g/mol. The number of amides is 1. The molecule has 0 aliphatic heterocycles. The van der Waals surface area contributed by atoms with Gasteiger partial charge in [0.05, 0.1) is 17.5 Å². The maximum atomic E-state index is 12.6. The number of nitrogens with one attached hydrogen (secondary N) is 1. The minimum absolute atomic E-state index is 0.159. The summed E-state index contributed by atoms with van der Waals surface area (Å²) in [7, 11) is 0. The van der Waals surface area contributed by atoms with Gasteiger partial charge in [0.25, 0.3) is 0 Å². The van der Waals surface area contributed by atoms with Gasteiger partial charge >= 0.3 is 0 Å². The first-order valence-electron chi connectivity index (χ1n) is 9.62. The van der Waals surface area contributed by atoms with Crippen molar-refractivity contribution in [3.05, 3.63) is 39.9 Å². The smallest absolute Gasteiger partial charge is 0.226 e. The van der Waals surface area contributed by atoms with Crippen LogP contribution in [0.4, 0.5) is 0 Å². The standard InChI is InChI=1S/C22H23ClN2O3S/c1-15-18(25-21(29-15)16-5-7-17(23)8-6-16)13-20(28)24-14-22(19(27)9-12-26)10-3-2-4-11-22/h5-8,26H,2-4,10-11,13-14H2,1H3,(H,24,28). The van der Waals surface area contributed by atoms with Crippen LogP contribution in [0.2, 0.25) is 5.02 Å². The highest BCUT2D eigenvalue weighted by molar-refractivity contribution is 7.15. The van der Waals surface area contributed by atoms with Gasteiger partial charge in [-0.1, -0.05) is 43.0 Å². The number of benzene rings is 1. The number of ketones is 1. The molecule has 1 saturated carbocycles. The van der Waals surface area contributed by atoms with E-state index in [0.717, 1.165) is 40.4 Å². The topological polar surface area (TPSA) is 79.3 Å². The minimum atomic E-state index is -0.699. The molecule has 0 atom stereocenters. The SMILES string of the molecule is Cc1sc(-c2ccc(Cl)cc2)nc1CC(=O)NCC1(C(=O)C#CO)CCCCC1. The van der Waals surface area contributed by atoms with Crippen LogP contribution in [0, 0.1) is 24.4 Å². The first kappa shape index (κ1) is 21.4. The Kier molecular flexibility index (Phi) is 6.94. The lowest BCUT2D eigenvalue weighted by Gasteiger charge is -2.34. The van der Waals surface area contributed by atoms with Gasteiger partial charge in [0, 0.05) is 27.9 Å². The van der Waals surface area contributed by atoms with Crippen LogP contribution in [0.3, 0.4) is 0 Å². The van der Waals surface area contributed by atoms with Gasteiger partial charge in [0.1, 0.15) is 11.1 Å². The van der Waals surface area contributed by atoms with Gasteiger partial charge in [-0.05, 0) is 31.9 Å². The van der Waals surface area contributed by atoms with Crippen molar-refractivity contribution in [2.24, 2.45) is 5.41 Å². The first-order chi connectivity index (χ1) is 13.9. The van der Waals surface area contributed by atoms with E-state index in [-0.39, 0.29) is 24.7 Å². The Hall–Kier alpha value is -2.36. The van der Waals surface area contributed by atoms with Crippen molar-refractivity contribution in [2.45, 2.75) is 45.4 Å². The molecule has 0 saturated heterocycles. The Morgan fingerprint density at radius 2 is 1.93 bits per heavy atom. The lowest BCUT2D eigenvalue weighted by atomic mass is 9.71. The zero-order valence-electron chi connectivity index (χ0n) is 16.3. The van der Waals surface area contributed by atoms with Crippen LogP contribution in [0.5, 0.6) is 0 Å². The second-order valence-corrected chi connectivity index (χ2v) is 9.03. The molecule has 1 aliphatic rings. The fourth-order valence-corrected chi connectivity index (χ4v) is 4.75. The summed E-state index contributed by atoms with van der Waals surface area (Å²) in [4.78, 5) is 30.6. The third kappa shape index (κ3) is 5.17. The highest BCUT2D eigenvalue weighted by Crippen LogP contribution is 2.36. The van der Waals surface area contributed by atoms with Crippen molar-refractivity contribution in [2.75, 3.05) is 6.54 Å². The number of thiazole rings is 1. The summed E-state index contributed by atoms with van der Waals surface area (Å²) in [6.45, 7) is 2.19. The number of aliphatic hydroxyl groups excluding tert-OH is 1. The number of halogens is 1. The maximum Gasteiger partial charge on any atom is 0.226 e. The molecule has 1 aromatic heterocycles. The van der Waals surface area contributed by atoms with Crippen molar-refractivity contribution in [1.29, 1.82) is 0 Å². The lowest BCUT2D eigenvalue weighted by molar-refractivity contribution is -0.126. The van der Waals surface area contributed by atoms with E-state index in [2.05, 4.69) is 16.2 Å². The predicted molar refractivity (Wildman–Crippen MR) is 114 cm³/mol. The van der Waals surface area contributed by atoms with E-state index in [0.29, 0.717) is 17.9 Å². The fourth-order valence-electron chi connectivity index (χ4n) is 3.69. The Labute approximate surface area is 179 Å². The number of aliphatic hydroxyl groups is 1. The molecule has 1 heterocycles. The molecule has 2 aromatic rings. The van der Waals surface area contributed by atoms with Crippen molar-refractivity contribution < 1.29 is 14.7 Å². The molecule has 1 fully saturated rings. The molecule has 2 N–H and O–H groups in total. The van der Waals surface area contributed by atoms with Gasteiger partial charge in [-0.3, -0.25) is 9.59 Å². The summed E-state index contributed by atoms with van der Waals surface area (Å²) in [5, 5.41) is 13.2. The van der Waals surface area contributed by atoms with E-state index < -0.39 is 5.41 Å². The van der Waals surface area contributed by atoms with Gasteiger partial charge in [-0.25, -0.2) is 4.98 Å². The maximum absolute atomic E-state index is 12.6. The molecule has 7 heteroatoms. The summed E-state index contributed by atoms with van der Waals surface area (Å²) in [5.74, 6) is 1.79. The largest absolute Gasteiger partial charge is 0.462 e. The summed E-state index contributed by atoms with van der Waals surface area (Å²) in [5.41, 5.74) is 0.995. The van der Waals surface area contributed by atoms with Crippen LogP contribution < -0.4 is 5.32 Å². The van der Waals surface area contributed by atoms with Crippen LogP contribution in [-0.4, -0.2) is 28.3 Å². The second-order valence-electron chi connectivity index (χ2n) is 7.39. The van der Waals surface area contributed by atoms with Crippen LogP contribution in [0.15, 0.2) is 24.3 Å². The van der Waals surface area contributed by atoms with Crippen LogP contribution >= 0.6 is 22.9 Å². The molecule has 3 rings (SSSR count). The van der Waals surface area contributed by atoms with E-state index in [1.165, 1.54) is 11.3 Å². The molecular weight excluding hydrogens is 408 g/mol. The van der Waals surface area contributed by atoms with Crippen LogP contribution in [0.1, 0.15) is 42.7 Å². The van der Waals surface area contributed by atoms with E-state index in [4.69, 9.17) is 16.7 Å². The highest BCUT2D eigenvalue weighted by atomic mass is 35.5. The number of aryl methyl sites for hydroxylation is 1. The first-order valence-corrected chi connectivity index (χ1v) is 10.8. The summed E-state index contributed by atoms with van der Waals surface area (Å²) < 4.78 is 0. The molecule has 1 amide bonds. The number of carbonyl (C=O) groups is 2. The van der Waals surface area contributed by atoms with Crippen LogP contribution in [0.25, 0.3) is 10.6 Å². The third-order valence-corrected chi connectivity index (χ3v) is 6.71. The minimum Gasteiger partial charge on any atom is -0.462 e. The third-order valence-electron chi connectivity index (χ3n) is 5.40. The molecule has 152 valence electrons. The zero-order valence-corrected chi connectivity index (χ0v) is 17.8. The molecule has 0 unspecified atom stereocenters. The number of hydrogen-bond acceptors (Lipinski definition) is 5. The molecular formula is C22H23ClN2O3S. The highest BCUT2D eigenvalue weighted by Gasteiger charge is 2.39. The predicted octanol–water partition coefficient (Wildman–Crippen LogP) is 4.28. The Morgan fingerprint density at radius 1 is 1.24 bits per heavy atom. The molecule has 1 aromatic carbocycles. The van der Waals surface area contributed by atoms with Crippen molar-refractivity contribution in [1.82, 2.24) is 10.3 Å². The summed E-state index contributed by atoms with van der Waals surface area (Å²) >= 11 is 7.48. The molecule has 0 radical (unpaired) electrons. The lowest BCUT2D eigenvalue weighted by Crippen LogP contribution is -2.44. The summed E-state index contributed by atoms with van der Waals surface area (Å²) in [6, 6.07) is 7.45. The molecule has 0 bridgehead atoms. The van der Waals surface area contributed by atoms with Crippen molar-refractivity contribution in [3.63, 3.8) is 0 Å². The van der Waals surface area contributed by atoms with E-state index in [9.17, 15) is 9.59 Å². The quantitative estimate of drug-likeness (QED) is 0.670. The number of carbonyl (C=O) groups excluding carboxylic acids is 2. The van der Waals surface area contributed by atoms with Gasteiger partial charge in [0.15, 0.2) is 0 Å². The number of rotatable bonds is 6. The average Bonchev–Trinajstić information content (AvgIpc) is 3.08. The Balaban J connectivity index is 1.66. The number of nitrogens with zero attached hydrogens (tertiary/aromatic N) is 1. The van der Waals surface area contributed by atoms with Crippen molar-refractivity contribution in [3.8, 4) is 22.6 Å². The zero-order chi connectivity index (χ0) is 20.9. The molecule has 29 heavy (non-hydrogen) atoms. The second kappa shape index (κ2) is 9.43. The van der Waals surface area contributed by atoms with E-state index in [1.807, 2.05) is 31.2 Å². The molecule has 5 nitrogen and oxygen atoms in total. The van der Waals surface area contributed by atoms with Gasteiger partial charge in [-0.15, -0.1) is 11.3 Å². The Bertz CT molecular complexity index is 951. The molecule has 0 spiro atoms. The summed E-state index contributed by atoms with van der Waals surface area (Å²) in [6.07, 6.45) is 6.14. The Morgan fingerprint density at radius 3 is 2.59 bits per heavy atom. The molecule has 1 aliphatic carbocycles. The van der Waals surface area contributed by atoms with E-state index >= 15 is 0 Å². The van der Waals surface area contributed by atoms with Gasteiger partial charge < -0.3 is 10.4 Å². The van der Waals surface area contributed by atoms with Gasteiger partial charge in [0.2, 0.25) is 11.7 Å². The number of aromatic nitrogens is 1. The normalized spacial score (nSPS) is 15.2. The van der Waals surface area contributed by atoms with Crippen LogP contribution in [-0.2, 0) is 16.0 Å². The van der Waals surface area contributed by atoms with Gasteiger partial charge in [-0.2, -0.15) is 0 Å². The number of Topliss-reactive ketones (excluding diaryl/α,β-unsaturated/α-hetero) is 1.